The summed E-state index contributed by atoms with van der Waals surface area (Å²) < 4.78 is 5.80. The molecule has 0 amide bonds. The van der Waals surface area contributed by atoms with E-state index in [1.165, 1.54) is 12.8 Å². The lowest BCUT2D eigenvalue weighted by Gasteiger charge is -2.37. The minimum Gasteiger partial charge on any atom is -0.375 e. The minimum absolute atomic E-state index is 0.151. The lowest BCUT2D eigenvalue weighted by atomic mass is 9.85. The first-order valence-corrected chi connectivity index (χ1v) is 5.55. The van der Waals surface area contributed by atoms with E-state index in [1.54, 1.807) is 0 Å². The SMILES string of the molecule is CCNCC1CCOC(C)(CC)C1. The summed E-state index contributed by atoms with van der Waals surface area (Å²) in [5, 5.41) is 3.42. The van der Waals surface area contributed by atoms with Crippen molar-refractivity contribution in [1.29, 1.82) is 0 Å². The van der Waals surface area contributed by atoms with E-state index in [4.69, 9.17) is 4.74 Å². The van der Waals surface area contributed by atoms with Gasteiger partial charge in [0.1, 0.15) is 0 Å². The Morgan fingerprint density at radius 1 is 1.46 bits per heavy atom. The first-order chi connectivity index (χ1) is 6.20. The molecule has 13 heavy (non-hydrogen) atoms. The van der Waals surface area contributed by atoms with Crippen LogP contribution in [0.4, 0.5) is 0 Å². The summed E-state index contributed by atoms with van der Waals surface area (Å²) >= 11 is 0. The van der Waals surface area contributed by atoms with Gasteiger partial charge in [0.2, 0.25) is 0 Å². The smallest absolute Gasteiger partial charge is 0.0655 e. The quantitative estimate of drug-likeness (QED) is 0.725. The highest BCUT2D eigenvalue weighted by molar-refractivity contribution is 4.82. The van der Waals surface area contributed by atoms with Crippen molar-refractivity contribution in [1.82, 2.24) is 5.32 Å². The zero-order chi connectivity index (χ0) is 9.73. The molecule has 1 rings (SSSR count). The molecule has 2 nitrogen and oxygen atoms in total. The minimum atomic E-state index is 0.151. The second-order valence-electron chi connectivity index (χ2n) is 4.32. The fourth-order valence-corrected chi connectivity index (χ4v) is 2.01. The highest BCUT2D eigenvalue weighted by Crippen LogP contribution is 2.30. The Balaban J connectivity index is 2.33. The van der Waals surface area contributed by atoms with Crippen molar-refractivity contribution in [2.75, 3.05) is 19.7 Å². The molecule has 78 valence electrons. The van der Waals surface area contributed by atoms with Crippen LogP contribution in [0.3, 0.4) is 0 Å². The molecule has 0 saturated carbocycles. The fourth-order valence-electron chi connectivity index (χ4n) is 2.01. The van der Waals surface area contributed by atoms with Crippen LogP contribution in [0.1, 0.15) is 40.0 Å². The molecule has 2 heteroatoms. The third kappa shape index (κ3) is 3.28. The third-order valence-electron chi connectivity index (χ3n) is 3.13. The fraction of sp³-hybridized carbons (Fsp3) is 1.00. The van der Waals surface area contributed by atoms with E-state index in [0.29, 0.717) is 0 Å². The van der Waals surface area contributed by atoms with Crippen LogP contribution in [0.5, 0.6) is 0 Å². The molecule has 0 aromatic heterocycles. The molecule has 1 aliphatic heterocycles. The van der Waals surface area contributed by atoms with Gasteiger partial charge >= 0.3 is 0 Å². The maximum absolute atomic E-state index is 5.80. The number of ether oxygens (including phenoxy) is 1. The second-order valence-corrected chi connectivity index (χ2v) is 4.32. The average Bonchev–Trinajstić information content (AvgIpc) is 2.15. The molecule has 1 aliphatic rings. The highest BCUT2D eigenvalue weighted by atomic mass is 16.5. The Morgan fingerprint density at radius 3 is 2.85 bits per heavy atom. The summed E-state index contributed by atoms with van der Waals surface area (Å²) in [6.07, 6.45) is 3.58. The first kappa shape index (κ1) is 11.0. The van der Waals surface area contributed by atoms with Crippen LogP contribution in [-0.4, -0.2) is 25.3 Å². The maximum Gasteiger partial charge on any atom is 0.0655 e. The van der Waals surface area contributed by atoms with E-state index in [0.717, 1.165) is 32.0 Å². The standard InChI is InChI=1S/C11H23NO/c1-4-11(3)8-10(6-7-13-11)9-12-5-2/h10,12H,4-9H2,1-3H3. The molecule has 2 atom stereocenters. The van der Waals surface area contributed by atoms with Crippen LogP contribution in [0, 0.1) is 5.92 Å². The molecule has 1 fully saturated rings. The van der Waals surface area contributed by atoms with Gasteiger partial charge in [0.15, 0.2) is 0 Å². The summed E-state index contributed by atoms with van der Waals surface area (Å²) in [5.41, 5.74) is 0.151. The molecule has 0 aromatic rings. The van der Waals surface area contributed by atoms with Crippen molar-refractivity contribution in [2.45, 2.75) is 45.6 Å². The first-order valence-electron chi connectivity index (χ1n) is 5.55. The van der Waals surface area contributed by atoms with Crippen LogP contribution < -0.4 is 5.32 Å². The van der Waals surface area contributed by atoms with Crippen molar-refractivity contribution in [3.63, 3.8) is 0 Å². The van der Waals surface area contributed by atoms with Crippen molar-refractivity contribution < 1.29 is 4.74 Å². The van der Waals surface area contributed by atoms with Gasteiger partial charge in [-0.1, -0.05) is 13.8 Å². The van der Waals surface area contributed by atoms with Gasteiger partial charge in [-0.05, 0) is 45.2 Å². The van der Waals surface area contributed by atoms with Gasteiger partial charge in [0, 0.05) is 6.61 Å². The molecule has 1 saturated heterocycles. The monoisotopic (exact) mass is 185 g/mol. The van der Waals surface area contributed by atoms with Gasteiger partial charge in [0.25, 0.3) is 0 Å². The normalized spacial score (nSPS) is 34.8. The zero-order valence-corrected chi connectivity index (χ0v) is 9.23. The van der Waals surface area contributed by atoms with Gasteiger partial charge in [-0.25, -0.2) is 0 Å². The molecule has 1 N–H and O–H groups in total. The Morgan fingerprint density at radius 2 is 2.23 bits per heavy atom. The Bertz CT molecular complexity index is 149. The van der Waals surface area contributed by atoms with Crippen molar-refractivity contribution in [3.8, 4) is 0 Å². The topological polar surface area (TPSA) is 21.3 Å². The van der Waals surface area contributed by atoms with Gasteiger partial charge in [-0.15, -0.1) is 0 Å². The molecule has 2 unspecified atom stereocenters. The van der Waals surface area contributed by atoms with Crippen LogP contribution in [0.2, 0.25) is 0 Å². The molecular weight excluding hydrogens is 162 g/mol. The second kappa shape index (κ2) is 4.97. The molecule has 0 radical (unpaired) electrons. The largest absolute Gasteiger partial charge is 0.375 e. The summed E-state index contributed by atoms with van der Waals surface area (Å²) in [6.45, 7) is 9.81. The molecule has 0 aliphatic carbocycles. The van der Waals surface area contributed by atoms with E-state index in [1.807, 2.05) is 0 Å². The number of nitrogens with one attached hydrogen (secondary N) is 1. The predicted molar refractivity (Wildman–Crippen MR) is 55.9 cm³/mol. The molecule has 0 aromatic carbocycles. The predicted octanol–water partition coefficient (Wildman–Crippen LogP) is 2.19. The Kier molecular flexibility index (Phi) is 4.20. The van der Waals surface area contributed by atoms with Gasteiger partial charge < -0.3 is 10.1 Å². The van der Waals surface area contributed by atoms with Gasteiger partial charge in [-0.3, -0.25) is 0 Å². The van der Waals surface area contributed by atoms with E-state index in [9.17, 15) is 0 Å². The van der Waals surface area contributed by atoms with E-state index in [-0.39, 0.29) is 5.60 Å². The van der Waals surface area contributed by atoms with Crippen LogP contribution in [0.15, 0.2) is 0 Å². The highest BCUT2D eigenvalue weighted by Gasteiger charge is 2.30. The van der Waals surface area contributed by atoms with Crippen molar-refractivity contribution >= 4 is 0 Å². The summed E-state index contributed by atoms with van der Waals surface area (Å²) in [4.78, 5) is 0. The molecule has 1 heterocycles. The number of hydrogen-bond donors (Lipinski definition) is 1. The lowest BCUT2D eigenvalue weighted by molar-refractivity contribution is -0.0864. The van der Waals surface area contributed by atoms with E-state index >= 15 is 0 Å². The Labute approximate surface area is 82.0 Å². The molecule has 0 bridgehead atoms. The van der Waals surface area contributed by atoms with Crippen molar-refractivity contribution in [3.05, 3.63) is 0 Å². The van der Waals surface area contributed by atoms with Crippen LogP contribution in [-0.2, 0) is 4.74 Å². The summed E-state index contributed by atoms with van der Waals surface area (Å²) in [7, 11) is 0. The molecular formula is C11H23NO. The maximum atomic E-state index is 5.80. The third-order valence-corrected chi connectivity index (χ3v) is 3.13. The van der Waals surface area contributed by atoms with Crippen LogP contribution in [0.25, 0.3) is 0 Å². The van der Waals surface area contributed by atoms with Crippen LogP contribution >= 0.6 is 0 Å². The summed E-state index contributed by atoms with van der Waals surface area (Å²) in [6, 6.07) is 0. The van der Waals surface area contributed by atoms with E-state index in [2.05, 4.69) is 26.1 Å². The number of hydrogen-bond acceptors (Lipinski definition) is 2. The van der Waals surface area contributed by atoms with Gasteiger partial charge in [-0.2, -0.15) is 0 Å². The Hall–Kier alpha value is -0.0800. The summed E-state index contributed by atoms with van der Waals surface area (Å²) in [5.74, 6) is 0.818. The van der Waals surface area contributed by atoms with Gasteiger partial charge in [0.05, 0.1) is 5.60 Å². The average molecular weight is 185 g/mol. The number of rotatable bonds is 4. The molecule has 0 spiro atoms. The van der Waals surface area contributed by atoms with E-state index < -0.39 is 0 Å². The lowest BCUT2D eigenvalue weighted by Crippen LogP contribution is -2.39. The van der Waals surface area contributed by atoms with Crippen molar-refractivity contribution in [2.24, 2.45) is 5.92 Å². The zero-order valence-electron chi connectivity index (χ0n) is 9.23.